The summed E-state index contributed by atoms with van der Waals surface area (Å²) in [5, 5.41) is 4.29. The van der Waals surface area contributed by atoms with Crippen LogP contribution in [0.15, 0.2) is 58.0 Å². The lowest BCUT2D eigenvalue weighted by Gasteiger charge is -2.19. The molecular weight excluding hydrogens is 414 g/mol. The number of fused-ring (bicyclic) bond motifs is 1. The van der Waals surface area contributed by atoms with Gasteiger partial charge in [-0.2, -0.15) is 4.98 Å². The molecule has 1 aromatic carbocycles. The second-order valence-electron chi connectivity index (χ2n) is 7.41. The molecule has 0 radical (unpaired) electrons. The number of aromatic nitrogens is 2. The first-order chi connectivity index (χ1) is 14.9. The summed E-state index contributed by atoms with van der Waals surface area (Å²) in [5.74, 6) is 0.915. The van der Waals surface area contributed by atoms with Gasteiger partial charge in [0.25, 0.3) is 0 Å². The van der Waals surface area contributed by atoms with Crippen LogP contribution in [0.5, 0.6) is 5.88 Å². The SMILES string of the molecule is COc1nc(Cl)ccc1NC(C)c1cc(C)cc2c(=O)c(C)c(-c3cccnc3)oc12. The molecule has 7 heteroatoms. The molecule has 0 aliphatic heterocycles. The Morgan fingerprint density at radius 2 is 2.00 bits per heavy atom. The van der Waals surface area contributed by atoms with E-state index >= 15 is 0 Å². The van der Waals surface area contributed by atoms with Crippen LogP contribution in [-0.2, 0) is 0 Å². The maximum absolute atomic E-state index is 13.2. The van der Waals surface area contributed by atoms with E-state index in [0.717, 1.165) is 16.7 Å². The Balaban J connectivity index is 1.88. The van der Waals surface area contributed by atoms with Gasteiger partial charge in [0.2, 0.25) is 5.88 Å². The van der Waals surface area contributed by atoms with Crippen molar-refractivity contribution in [2.24, 2.45) is 0 Å². The standard InChI is InChI=1S/C24H22ClN3O3/c1-13-10-17(15(3)27-19-7-8-20(25)28-24(19)30-4)23-18(11-13)21(29)14(2)22(31-23)16-6-5-9-26-12-16/h5-12,15,27H,1-4H3. The number of pyridine rings is 2. The number of hydrogen-bond donors (Lipinski definition) is 1. The minimum atomic E-state index is -0.202. The number of aryl methyl sites for hydroxylation is 1. The second kappa shape index (κ2) is 8.40. The predicted octanol–water partition coefficient (Wildman–Crippen LogP) is 5.70. The largest absolute Gasteiger partial charge is 0.479 e. The summed E-state index contributed by atoms with van der Waals surface area (Å²) in [6.07, 6.45) is 3.38. The van der Waals surface area contributed by atoms with Gasteiger partial charge in [0.1, 0.15) is 16.5 Å². The van der Waals surface area contributed by atoms with E-state index < -0.39 is 0 Å². The fourth-order valence-electron chi connectivity index (χ4n) is 3.66. The molecule has 1 N–H and O–H groups in total. The number of hydrogen-bond acceptors (Lipinski definition) is 6. The molecule has 0 saturated carbocycles. The van der Waals surface area contributed by atoms with Gasteiger partial charge in [0, 0.05) is 29.1 Å². The third kappa shape index (κ3) is 3.99. The van der Waals surface area contributed by atoms with Crippen molar-refractivity contribution in [2.45, 2.75) is 26.8 Å². The van der Waals surface area contributed by atoms with Crippen LogP contribution in [0.2, 0.25) is 5.15 Å². The number of methoxy groups -OCH3 is 1. The molecule has 0 aliphatic rings. The summed E-state index contributed by atoms with van der Waals surface area (Å²) in [6.45, 7) is 5.73. The molecule has 0 bridgehead atoms. The Labute approximate surface area is 184 Å². The van der Waals surface area contributed by atoms with Crippen molar-refractivity contribution in [1.82, 2.24) is 9.97 Å². The number of nitrogens with zero attached hydrogens (tertiary/aromatic N) is 2. The predicted molar refractivity (Wildman–Crippen MR) is 123 cm³/mol. The number of benzene rings is 1. The van der Waals surface area contributed by atoms with Crippen LogP contribution in [0.4, 0.5) is 5.69 Å². The van der Waals surface area contributed by atoms with E-state index in [1.54, 1.807) is 32.5 Å². The van der Waals surface area contributed by atoms with Gasteiger partial charge >= 0.3 is 0 Å². The normalized spacial score (nSPS) is 12.0. The molecule has 0 amide bonds. The van der Waals surface area contributed by atoms with Gasteiger partial charge in [-0.3, -0.25) is 9.78 Å². The molecule has 6 nitrogen and oxygen atoms in total. The molecule has 4 aromatic rings. The van der Waals surface area contributed by atoms with Gasteiger partial charge in [-0.25, -0.2) is 0 Å². The van der Waals surface area contributed by atoms with Crippen molar-refractivity contribution in [3.05, 3.63) is 80.9 Å². The highest BCUT2D eigenvalue weighted by molar-refractivity contribution is 6.29. The molecule has 4 rings (SSSR count). The molecule has 3 aromatic heterocycles. The van der Waals surface area contributed by atoms with Gasteiger partial charge in [0.15, 0.2) is 5.43 Å². The Morgan fingerprint density at radius 3 is 2.71 bits per heavy atom. The maximum Gasteiger partial charge on any atom is 0.238 e. The summed E-state index contributed by atoms with van der Waals surface area (Å²) in [4.78, 5) is 21.6. The van der Waals surface area contributed by atoms with Gasteiger partial charge in [-0.15, -0.1) is 0 Å². The Hall–Kier alpha value is -3.38. The molecule has 1 atom stereocenters. The van der Waals surface area contributed by atoms with E-state index in [0.29, 0.717) is 39.0 Å². The lowest BCUT2D eigenvalue weighted by molar-refractivity contribution is 0.399. The van der Waals surface area contributed by atoms with Crippen molar-refractivity contribution in [1.29, 1.82) is 0 Å². The van der Waals surface area contributed by atoms with Crippen molar-refractivity contribution in [3.8, 4) is 17.2 Å². The third-order valence-electron chi connectivity index (χ3n) is 5.17. The zero-order valence-corrected chi connectivity index (χ0v) is 18.4. The molecule has 31 heavy (non-hydrogen) atoms. The average Bonchev–Trinajstić information content (AvgIpc) is 2.77. The quantitative estimate of drug-likeness (QED) is 0.405. The van der Waals surface area contributed by atoms with Crippen molar-refractivity contribution < 1.29 is 9.15 Å². The number of nitrogens with one attached hydrogen (secondary N) is 1. The third-order valence-corrected chi connectivity index (χ3v) is 5.38. The van der Waals surface area contributed by atoms with Crippen LogP contribution in [-0.4, -0.2) is 17.1 Å². The van der Waals surface area contributed by atoms with Crippen LogP contribution >= 0.6 is 11.6 Å². The number of rotatable bonds is 5. The van der Waals surface area contributed by atoms with E-state index in [4.69, 9.17) is 20.8 Å². The van der Waals surface area contributed by atoms with Crippen LogP contribution in [0.1, 0.15) is 29.7 Å². The van der Waals surface area contributed by atoms with Crippen LogP contribution in [0.3, 0.4) is 0 Å². The molecule has 0 fully saturated rings. The fourth-order valence-corrected chi connectivity index (χ4v) is 3.80. The smallest absolute Gasteiger partial charge is 0.238 e. The van der Waals surface area contributed by atoms with Gasteiger partial charge in [-0.05, 0) is 56.7 Å². The summed E-state index contributed by atoms with van der Waals surface area (Å²) >= 11 is 5.98. The zero-order valence-electron chi connectivity index (χ0n) is 17.7. The van der Waals surface area contributed by atoms with Crippen molar-refractivity contribution in [3.63, 3.8) is 0 Å². The van der Waals surface area contributed by atoms with E-state index in [9.17, 15) is 4.79 Å². The molecule has 3 heterocycles. The topological polar surface area (TPSA) is 77.2 Å². The molecular formula is C24H22ClN3O3. The summed E-state index contributed by atoms with van der Waals surface area (Å²) in [5.41, 5.74) is 4.32. The molecule has 0 aliphatic carbocycles. The fraction of sp³-hybridized carbons (Fsp3) is 0.208. The van der Waals surface area contributed by atoms with Gasteiger partial charge < -0.3 is 14.5 Å². The van der Waals surface area contributed by atoms with E-state index in [1.165, 1.54) is 0 Å². The first-order valence-electron chi connectivity index (χ1n) is 9.84. The van der Waals surface area contributed by atoms with Crippen LogP contribution < -0.4 is 15.5 Å². The highest BCUT2D eigenvalue weighted by atomic mass is 35.5. The Kier molecular flexibility index (Phi) is 5.65. The van der Waals surface area contributed by atoms with Crippen LogP contribution in [0.25, 0.3) is 22.3 Å². The minimum Gasteiger partial charge on any atom is -0.479 e. The van der Waals surface area contributed by atoms with E-state index in [2.05, 4.69) is 15.3 Å². The lowest BCUT2D eigenvalue weighted by atomic mass is 9.99. The monoisotopic (exact) mass is 435 g/mol. The van der Waals surface area contributed by atoms with E-state index in [1.807, 2.05) is 44.2 Å². The highest BCUT2D eigenvalue weighted by Crippen LogP contribution is 2.33. The number of halogens is 1. The maximum atomic E-state index is 13.2. The summed E-state index contributed by atoms with van der Waals surface area (Å²) in [7, 11) is 1.54. The number of ether oxygens (including phenoxy) is 1. The molecule has 158 valence electrons. The molecule has 0 spiro atoms. The molecule has 0 saturated heterocycles. The minimum absolute atomic E-state index is 0.0528. The second-order valence-corrected chi connectivity index (χ2v) is 7.80. The van der Waals surface area contributed by atoms with Gasteiger partial charge in [-0.1, -0.05) is 17.7 Å². The summed E-state index contributed by atoms with van der Waals surface area (Å²) < 4.78 is 11.7. The highest BCUT2D eigenvalue weighted by Gasteiger charge is 2.20. The first-order valence-corrected chi connectivity index (χ1v) is 10.2. The Morgan fingerprint density at radius 1 is 1.19 bits per heavy atom. The average molecular weight is 436 g/mol. The molecule has 1 unspecified atom stereocenters. The van der Waals surface area contributed by atoms with Crippen molar-refractivity contribution in [2.75, 3.05) is 12.4 Å². The first kappa shape index (κ1) is 20.9. The van der Waals surface area contributed by atoms with Gasteiger partial charge in [0.05, 0.1) is 24.2 Å². The van der Waals surface area contributed by atoms with Crippen molar-refractivity contribution >= 4 is 28.3 Å². The summed E-state index contributed by atoms with van der Waals surface area (Å²) in [6, 6.07) is 10.9. The lowest BCUT2D eigenvalue weighted by Crippen LogP contribution is -2.13. The van der Waals surface area contributed by atoms with E-state index in [-0.39, 0.29) is 11.5 Å². The Bertz CT molecular complexity index is 1320. The van der Waals surface area contributed by atoms with Crippen LogP contribution in [0, 0.1) is 13.8 Å². The number of anilines is 1. The zero-order chi connectivity index (χ0) is 22.1.